The molecule has 0 amide bonds. The lowest BCUT2D eigenvalue weighted by Crippen LogP contribution is -2.53. The number of pyridine rings is 1. The fourth-order valence-corrected chi connectivity index (χ4v) is 3.90. The molecule has 1 saturated heterocycles. The van der Waals surface area contributed by atoms with Crippen molar-refractivity contribution in [3.63, 3.8) is 0 Å². The normalized spacial score (nSPS) is 21.9. The first-order valence-corrected chi connectivity index (χ1v) is 9.75. The van der Waals surface area contributed by atoms with Crippen LogP contribution < -0.4 is 15.4 Å². The minimum atomic E-state index is -4.62. The van der Waals surface area contributed by atoms with Gasteiger partial charge in [0, 0.05) is 13.1 Å². The zero-order valence-corrected chi connectivity index (χ0v) is 16.6. The van der Waals surface area contributed by atoms with Crippen LogP contribution in [-0.2, 0) is 17.8 Å². The lowest BCUT2D eigenvalue weighted by molar-refractivity contribution is -0.153. The van der Waals surface area contributed by atoms with Gasteiger partial charge in [-0.3, -0.25) is 14.3 Å². The van der Waals surface area contributed by atoms with Crippen LogP contribution in [0.2, 0.25) is 0 Å². The van der Waals surface area contributed by atoms with Crippen molar-refractivity contribution < 1.29 is 26.7 Å². The Balaban J connectivity index is 1.82. The summed E-state index contributed by atoms with van der Waals surface area (Å²) in [6.07, 6.45) is -4.18. The Hall–Kier alpha value is -2.76. The number of alkyl halides is 3. The summed E-state index contributed by atoms with van der Waals surface area (Å²) in [6, 6.07) is 0.0777. The molecule has 2 aromatic rings. The van der Waals surface area contributed by atoms with E-state index in [2.05, 4.69) is 9.97 Å². The van der Waals surface area contributed by atoms with Gasteiger partial charge in [0.2, 0.25) is 11.8 Å². The van der Waals surface area contributed by atoms with Gasteiger partial charge in [0.25, 0.3) is 5.56 Å². The van der Waals surface area contributed by atoms with Gasteiger partial charge in [-0.25, -0.2) is 4.39 Å². The van der Waals surface area contributed by atoms with Crippen LogP contribution in [0, 0.1) is 11.6 Å². The topological polar surface area (TPSA) is 63.5 Å². The Bertz CT molecular complexity index is 1010. The number of hydrogen-bond donors (Lipinski definition) is 0. The van der Waals surface area contributed by atoms with E-state index in [-0.39, 0.29) is 56.4 Å². The molecule has 2 unspecified atom stereocenters. The van der Waals surface area contributed by atoms with Gasteiger partial charge in [-0.05, 0) is 25.5 Å². The first kappa shape index (κ1) is 21.5. The Kier molecular flexibility index (Phi) is 5.58. The van der Waals surface area contributed by atoms with E-state index in [1.807, 2.05) is 0 Å². The summed E-state index contributed by atoms with van der Waals surface area (Å²) in [5.41, 5.74) is -0.875. The van der Waals surface area contributed by atoms with Gasteiger partial charge < -0.3 is 14.5 Å². The van der Waals surface area contributed by atoms with Crippen LogP contribution >= 0.6 is 0 Å². The van der Waals surface area contributed by atoms with E-state index in [1.54, 1.807) is 6.92 Å². The zero-order valence-electron chi connectivity index (χ0n) is 16.6. The molecular weight excluding hydrogens is 425 g/mol. The molecule has 2 aliphatic rings. The number of aromatic nitrogens is 3. The second kappa shape index (κ2) is 8.06. The van der Waals surface area contributed by atoms with Gasteiger partial charge in [-0.2, -0.15) is 22.5 Å². The molecule has 2 atom stereocenters. The maximum atomic E-state index is 14.9. The smallest absolute Gasteiger partial charge is 0.377 e. The summed E-state index contributed by atoms with van der Waals surface area (Å²) in [5, 5.41) is 0. The predicted molar refractivity (Wildman–Crippen MR) is 101 cm³/mol. The minimum Gasteiger partial charge on any atom is -0.377 e. The Morgan fingerprint density at radius 2 is 2.00 bits per heavy atom. The summed E-state index contributed by atoms with van der Waals surface area (Å²) in [5.74, 6) is -2.33. The highest BCUT2D eigenvalue weighted by Crippen LogP contribution is 2.35. The molecule has 4 heterocycles. The van der Waals surface area contributed by atoms with Crippen molar-refractivity contribution in [2.75, 3.05) is 29.6 Å². The highest BCUT2D eigenvalue weighted by atomic mass is 19.4. The molecule has 7 nitrogen and oxygen atoms in total. The van der Waals surface area contributed by atoms with Crippen molar-refractivity contribution in [3.8, 4) is 0 Å². The van der Waals surface area contributed by atoms with Crippen LogP contribution in [0.5, 0.6) is 0 Å². The quantitative estimate of drug-likeness (QED) is 0.677. The van der Waals surface area contributed by atoms with E-state index >= 15 is 0 Å². The fraction of sp³-hybridized carbons (Fsp3) is 0.526. The number of hydrogen-bond acceptors (Lipinski definition) is 6. The molecule has 12 heteroatoms. The predicted octanol–water partition coefficient (Wildman–Crippen LogP) is 2.48. The van der Waals surface area contributed by atoms with E-state index in [9.17, 15) is 26.7 Å². The van der Waals surface area contributed by atoms with Crippen molar-refractivity contribution >= 4 is 11.8 Å². The molecule has 0 aromatic carbocycles. The highest BCUT2D eigenvalue weighted by Gasteiger charge is 2.47. The standard InChI is InChI=1S/C19H20F5N5O2/c1-11-10-31-7-6-27(11)16-15(21)17(30)28-5-4-14(19(22,23)24)29(18(28)26-16)9-13-3-2-12(20)8-25-13/h2-3,8,11,14H,4-7,9-10H2,1H3. The average molecular weight is 445 g/mol. The summed E-state index contributed by atoms with van der Waals surface area (Å²) >= 11 is 0. The number of ether oxygens (including phenoxy) is 1. The second-order valence-corrected chi connectivity index (χ2v) is 7.57. The Labute approximate surface area is 174 Å². The lowest BCUT2D eigenvalue weighted by Gasteiger charge is -2.40. The number of morpholine rings is 1. The van der Waals surface area contributed by atoms with Crippen LogP contribution in [0.25, 0.3) is 0 Å². The number of halogens is 5. The number of nitrogens with zero attached hydrogens (tertiary/aromatic N) is 5. The van der Waals surface area contributed by atoms with Gasteiger partial charge in [-0.1, -0.05) is 0 Å². The van der Waals surface area contributed by atoms with Crippen LogP contribution in [0.3, 0.4) is 0 Å². The Morgan fingerprint density at radius 1 is 1.23 bits per heavy atom. The van der Waals surface area contributed by atoms with Crippen molar-refractivity contribution in [2.24, 2.45) is 0 Å². The zero-order chi connectivity index (χ0) is 22.3. The monoisotopic (exact) mass is 445 g/mol. The fourth-order valence-electron chi connectivity index (χ4n) is 3.90. The molecule has 4 rings (SSSR count). The van der Waals surface area contributed by atoms with Gasteiger partial charge >= 0.3 is 6.18 Å². The maximum absolute atomic E-state index is 14.9. The molecule has 0 radical (unpaired) electrons. The van der Waals surface area contributed by atoms with Crippen molar-refractivity contribution in [1.82, 2.24) is 14.5 Å². The van der Waals surface area contributed by atoms with Crippen molar-refractivity contribution in [2.45, 2.75) is 44.7 Å². The molecule has 0 spiro atoms. The third-order valence-corrected chi connectivity index (χ3v) is 5.47. The lowest BCUT2D eigenvalue weighted by atomic mass is 10.1. The van der Waals surface area contributed by atoms with Gasteiger partial charge in [-0.15, -0.1) is 0 Å². The first-order chi connectivity index (χ1) is 14.7. The molecule has 2 aliphatic heterocycles. The maximum Gasteiger partial charge on any atom is 0.408 e. The Morgan fingerprint density at radius 3 is 2.65 bits per heavy atom. The van der Waals surface area contributed by atoms with E-state index in [4.69, 9.17) is 4.74 Å². The van der Waals surface area contributed by atoms with E-state index < -0.39 is 35.8 Å². The molecule has 1 fully saturated rings. The van der Waals surface area contributed by atoms with E-state index in [1.165, 1.54) is 11.0 Å². The second-order valence-electron chi connectivity index (χ2n) is 7.57. The van der Waals surface area contributed by atoms with Gasteiger partial charge in [0.1, 0.15) is 11.9 Å². The number of rotatable bonds is 3. The number of fused-ring (bicyclic) bond motifs is 1. The van der Waals surface area contributed by atoms with E-state index in [0.29, 0.717) is 0 Å². The number of anilines is 2. The van der Waals surface area contributed by atoms with Crippen molar-refractivity contribution in [3.05, 3.63) is 46.0 Å². The first-order valence-electron chi connectivity index (χ1n) is 9.75. The average Bonchev–Trinajstić information content (AvgIpc) is 2.72. The molecule has 0 bridgehead atoms. The summed E-state index contributed by atoms with van der Waals surface area (Å²) < 4.78 is 75.8. The third-order valence-electron chi connectivity index (χ3n) is 5.47. The van der Waals surface area contributed by atoms with Gasteiger partial charge in [0.15, 0.2) is 5.82 Å². The largest absolute Gasteiger partial charge is 0.408 e. The highest BCUT2D eigenvalue weighted by molar-refractivity contribution is 5.49. The molecule has 0 N–H and O–H groups in total. The van der Waals surface area contributed by atoms with E-state index in [0.717, 1.165) is 21.7 Å². The SMILES string of the molecule is CC1COCCN1c1nc2n(c(=O)c1F)CCC(C(F)(F)F)N2Cc1ccc(F)cn1. The van der Waals surface area contributed by atoms with Crippen LogP contribution in [0.4, 0.5) is 33.7 Å². The molecule has 0 saturated carbocycles. The van der Waals surface area contributed by atoms with Gasteiger partial charge in [0.05, 0.1) is 37.7 Å². The molecule has 0 aliphatic carbocycles. The van der Waals surface area contributed by atoms with Crippen LogP contribution in [0.1, 0.15) is 19.0 Å². The summed E-state index contributed by atoms with van der Waals surface area (Å²) in [6.45, 7) is 1.84. The van der Waals surface area contributed by atoms with Crippen molar-refractivity contribution in [1.29, 1.82) is 0 Å². The molecular formula is C19H20F5N5O2. The van der Waals surface area contributed by atoms with Crippen LogP contribution in [0.15, 0.2) is 23.1 Å². The molecule has 2 aromatic heterocycles. The minimum absolute atomic E-state index is 0.156. The summed E-state index contributed by atoms with van der Waals surface area (Å²) in [7, 11) is 0. The molecule has 168 valence electrons. The molecule has 31 heavy (non-hydrogen) atoms. The summed E-state index contributed by atoms with van der Waals surface area (Å²) in [4.78, 5) is 23.1. The third kappa shape index (κ3) is 4.08. The van der Waals surface area contributed by atoms with Crippen LogP contribution in [-0.4, -0.2) is 52.6 Å².